The molecule has 16 aromatic carbocycles. The summed E-state index contributed by atoms with van der Waals surface area (Å²) in [6, 6.07) is 66.0. The fourth-order valence-electron chi connectivity index (χ4n) is 21.2. The Morgan fingerprint density at radius 2 is 0.562 bits per heavy atom. The van der Waals surface area contributed by atoms with Crippen molar-refractivity contribution in [2.75, 3.05) is 85.3 Å². The van der Waals surface area contributed by atoms with Gasteiger partial charge in [-0.25, -0.2) is 19.9 Å². The van der Waals surface area contributed by atoms with E-state index in [2.05, 4.69) is 180 Å². The van der Waals surface area contributed by atoms with Crippen LogP contribution in [0.25, 0.3) is 218 Å². The summed E-state index contributed by atoms with van der Waals surface area (Å²) in [5, 5.41) is 61.0. The monoisotopic (exact) mass is 1920 g/mol. The van der Waals surface area contributed by atoms with Crippen molar-refractivity contribution in [2.24, 2.45) is 28.2 Å². The number of fused-ring (bicyclic) bond motifs is 24. The first-order chi connectivity index (χ1) is 70.3. The summed E-state index contributed by atoms with van der Waals surface area (Å²) in [4.78, 5) is 30.3. The van der Waals surface area contributed by atoms with Gasteiger partial charge in [0.15, 0.2) is 70.8 Å². The van der Waals surface area contributed by atoms with Crippen LogP contribution in [-0.2, 0) is 54.6 Å². The molecular formula is C116H104N12O16+4. The smallest absolute Gasteiger partial charge is 0.221 e. The van der Waals surface area contributed by atoms with E-state index in [1.807, 2.05) is 125 Å². The number of aliphatic hydroxyl groups is 4. The maximum Gasteiger partial charge on any atom is 0.221 e. The van der Waals surface area contributed by atoms with Crippen LogP contribution in [0.5, 0.6) is 69.0 Å². The summed E-state index contributed by atoms with van der Waals surface area (Å²) in [6.45, 7) is -0.468. The highest BCUT2D eigenvalue weighted by Crippen LogP contribution is 2.51. The van der Waals surface area contributed by atoms with Gasteiger partial charge in [0.1, 0.15) is 51.2 Å². The number of hydrogen-bond donors (Lipinski definition) is 8. The first kappa shape index (κ1) is 92.9. The lowest BCUT2D eigenvalue weighted by atomic mass is 9.91. The Morgan fingerprint density at radius 3 is 1.01 bits per heavy atom. The number of imidazole rings is 4. The second-order valence-corrected chi connectivity index (χ2v) is 35.3. The predicted molar refractivity (Wildman–Crippen MR) is 563 cm³/mol. The SMILES string of the molecule is COc1cc2c(-c3ccc4nc[nH]c4c3)cc3c4ccc(CO)c(OC)c4c[n+](C)c3c2cc1OC.COc1cc2cc(-c3ccc4nc[nH]c4c3)c3c4ccc(CO)c(OC)c4c[n+](C)c3c2cc1OC.COc1cc2ccc3c4c(-c5ccc6nc[nH]c6c5)cc(CO)c(OC)c4c[n+](C)c3c2cc1OC.COc1cc2ccc3c4cc(-c5ccc6nc[nH]c6c5)c(CO)c(OC)c4c[n+](C)c3c2cc1OC. The number of aromatic amines is 4. The number of aliphatic hydroxyl groups excluding tert-OH is 4. The quantitative estimate of drug-likeness (QED) is 0.0260. The fourth-order valence-corrected chi connectivity index (χ4v) is 21.2. The van der Waals surface area contributed by atoms with Crippen molar-refractivity contribution >= 4 is 174 Å². The number of benzene rings is 16. The van der Waals surface area contributed by atoms with Crippen LogP contribution in [0.2, 0.25) is 0 Å². The number of methoxy groups -OCH3 is 12. The molecule has 720 valence electrons. The zero-order chi connectivity index (χ0) is 99.9. The van der Waals surface area contributed by atoms with Crippen LogP contribution in [-0.4, -0.2) is 146 Å². The number of rotatable bonds is 20. The molecule has 24 rings (SSSR count). The third kappa shape index (κ3) is 15.5. The van der Waals surface area contributed by atoms with Crippen molar-refractivity contribution in [1.29, 1.82) is 0 Å². The number of nitrogens with zero attached hydrogens (tertiary/aromatic N) is 8. The predicted octanol–water partition coefficient (Wildman–Crippen LogP) is 20.1. The van der Waals surface area contributed by atoms with E-state index >= 15 is 0 Å². The molecule has 0 spiro atoms. The van der Waals surface area contributed by atoms with E-state index in [4.69, 9.17) is 56.8 Å². The Morgan fingerprint density at radius 1 is 0.229 bits per heavy atom. The number of hydrogen-bond acceptors (Lipinski definition) is 20. The van der Waals surface area contributed by atoms with Crippen molar-refractivity contribution < 1.29 is 95.5 Å². The Hall–Kier alpha value is -17.4. The molecule has 0 saturated carbocycles. The molecule has 0 saturated heterocycles. The van der Waals surface area contributed by atoms with Crippen molar-refractivity contribution in [3.05, 3.63) is 266 Å². The highest BCUT2D eigenvalue weighted by Gasteiger charge is 2.31. The maximum absolute atomic E-state index is 10.4. The summed E-state index contributed by atoms with van der Waals surface area (Å²) >= 11 is 0. The van der Waals surface area contributed by atoms with Gasteiger partial charge < -0.3 is 97.2 Å². The molecule has 28 heteroatoms. The zero-order valence-electron chi connectivity index (χ0n) is 82.2. The van der Waals surface area contributed by atoms with Gasteiger partial charge in [-0.1, -0.05) is 60.7 Å². The molecule has 0 aliphatic carbocycles. The van der Waals surface area contributed by atoms with Crippen molar-refractivity contribution in [2.45, 2.75) is 26.4 Å². The van der Waals surface area contributed by atoms with Crippen LogP contribution in [0.4, 0.5) is 0 Å². The van der Waals surface area contributed by atoms with Gasteiger partial charge in [-0.2, -0.15) is 18.3 Å². The summed E-state index contributed by atoms with van der Waals surface area (Å²) in [6.07, 6.45) is 15.1. The highest BCUT2D eigenvalue weighted by atomic mass is 16.5. The number of aryl methyl sites for hydroxylation is 4. The minimum Gasteiger partial charge on any atom is -0.495 e. The molecule has 0 unspecified atom stereocenters. The van der Waals surface area contributed by atoms with Gasteiger partial charge in [-0.15, -0.1) is 0 Å². The number of H-pyrrole nitrogens is 4. The van der Waals surface area contributed by atoms with E-state index in [1.165, 1.54) is 0 Å². The van der Waals surface area contributed by atoms with Crippen LogP contribution in [0.15, 0.2) is 244 Å². The molecule has 24 aromatic rings. The van der Waals surface area contributed by atoms with Crippen LogP contribution in [0, 0.1) is 0 Å². The van der Waals surface area contributed by atoms with E-state index in [-0.39, 0.29) is 26.4 Å². The van der Waals surface area contributed by atoms with E-state index in [0.717, 1.165) is 241 Å². The number of pyridine rings is 4. The molecule has 0 fully saturated rings. The minimum absolute atomic E-state index is 0.0922. The van der Waals surface area contributed by atoms with Crippen LogP contribution < -0.4 is 75.1 Å². The van der Waals surface area contributed by atoms with Gasteiger partial charge in [-0.3, -0.25) is 0 Å². The molecule has 0 aliphatic heterocycles. The Bertz CT molecular complexity index is 9350. The number of aromatic nitrogens is 12. The molecule has 0 bridgehead atoms. The third-order valence-corrected chi connectivity index (χ3v) is 27.8. The Kier molecular flexibility index (Phi) is 24.5. The van der Waals surface area contributed by atoms with Gasteiger partial charge in [0.25, 0.3) is 0 Å². The normalized spacial score (nSPS) is 11.6. The molecule has 8 aromatic heterocycles. The average molecular weight is 1920 g/mol. The summed E-state index contributed by atoms with van der Waals surface area (Å²) in [7, 11) is 27.9. The highest BCUT2D eigenvalue weighted by molar-refractivity contribution is 6.24. The van der Waals surface area contributed by atoms with Crippen molar-refractivity contribution in [1.82, 2.24) is 39.9 Å². The molecule has 28 nitrogen and oxygen atoms in total. The minimum atomic E-state index is -0.147. The lowest BCUT2D eigenvalue weighted by Crippen LogP contribution is -2.29. The van der Waals surface area contributed by atoms with E-state index < -0.39 is 0 Å². The van der Waals surface area contributed by atoms with Gasteiger partial charge in [0, 0.05) is 49.2 Å². The Labute approximate surface area is 824 Å². The zero-order valence-corrected chi connectivity index (χ0v) is 82.2. The van der Waals surface area contributed by atoms with Crippen LogP contribution in [0.3, 0.4) is 0 Å². The Balaban J connectivity index is 0.000000113. The van der Waals surface area contributed by atoms with Gasteiger partial charge in [0.05, 0.1) is 246 Å². The molecule has 8 heterocycles. The van der Waals surface area contributed by atoms with Crippen molar-refractivity contribution in [3.63, 3.8) is 0 Å². The molecule has 0 amide bonds. The second-order valence-electron chi connectivity index (χ2n) is 35.3. The summed E-state index contributed by atoms with van der Waals surface area (Å²) in [5.41, 5.74) is 22.9. The van der Waals surface area contributed by atoms with Gasteiger partial charge in [-0.05, 0) is 194 Å². The fraction of sp³-hybridized carbons (Fsp3) is 0.172. The molecule has 0 atom stereocenters. The number of ether oxygens (including phenoxy) is 12. The maximum atomic E-state index is 10.4. The second kappa shape index (κ2) is 38.0. The van der Waals surface area contributed by atoms with Gasteiger partial charge in [0.2, 0.25) is 22.1 Å². The largest absolute Gasteiger partial charge is 0.495 e. The van der Waals surface area contributed by atoms with Crippen LogP contribution >= 0.6 is 0 Å². The first-order valence-electron chi connectivity index (χ1n) is 46.5. The van der Waals surface area contributed by atoms with Crippen molar-refractivity contribution in [3.8, 4) is 114 Å². The standard InChI is InChI=1S/C29H25N3O4.2C29H26N3O4.C29H25N3O4/c1-32-13-22-19(7-5-17(14-33)29(22)36-4)27-20(16-6-8-23-24(10-16)31-15-30-23)9-18-11-25(34-2)26(35-3)12-21(18)28(27)32;1-32-13-22-27(19-7-5-17-11-25(34-2)26(35-3)12-21(17)28(19)32)20(9-18(14-33)29(22)36-4)16-6-8-23-24(10-16)31-15-30-23;1-32-13-23-18(7-5-17(14-33)29(23)36-4)21-10-19(16-6-8-24-25(9-16)31-15-30-24)20-11-26(34-2)27(35-3)12-22(20)28(21)32;1-32-13-22-21(18-7-5-17-10-26(34-2)27(35-3)12-20(17)28(18)32)11-19(23(14-33)29(22)36-4)16-6-8-24-25(9-16)31-15-30-24/h5-13,15,33H,14H2,1-4H3;2*5-13,15,33H,14H2,1-4H3,(H,30,31);5-13,15,33H,14H2,1-4H3/q;2*+1;/p+2. The van der Waals surface area contributed by atoms with Crippen LogP contribution in [0.1, 0.15) is 22.3 Å². The summed E-state index contributed by atoms with van der Waals surface area (Å²) in [5.74, 6) is 8.12. The summed E-state index contributed by atoms with van der Waals surface area (Å²) < 4.78 is 76.6. The topological polar surface area (TPSA) is 322 Å². The molecule has 0 aliphatic rings. The molecule has 8 N–H and O–H groups in total. The molecule has 144 heavy (non-hydrogen) atoms. The molecular weight excluding hydrogens is 1820 g/mol. The van der Waals surface area contributed by atoms with E-state index in [9.17, 15) is 20.4 Å². The van der Waals surface area contributed by atoms with E-state index in [1.54, 1.807) is 111 Å². The van der Waals surface area contributed by atoms with Gasteiger partial charge >= 0.3 is 0 Å². The number of nitrogens with one attached hydrogen (secondary N) is 4. The first-order valence-corrected chi connectivity index (χ1v) is 46.5. The average Bonchev–Trinajstić information content (AvgIpc) is 0.882. The van der Waals surface area contributed by atoms with E-state index in [0.29, 0.717) is 69.0 Å². The lowest BCUT2D eigenvalue weighted by molar-refractivity contribution is -0.642. The lowest BCUT2D eigenvalue weighted by Gasteiger charge is -2.17. The molecule has 0 radical (unpaired) electrons. The third-order valence-electron chi connectivity index (χ3n) is 27.8.